The largest absolute Gasteiger partial charge is 0.361 e. The zero-order valence-electron chi connectivity index (χ0n) is 12.2. The van der Waals surface area contributed by atoms with Crippen molar-refractivity contribution in [1.29, 1.82) is 0 Å². The van der Waals surface area contributed by atoms with E-state index in [9.17, 15) is 4.39 Å². The Morgan fingerprint density at radius 3 is 2.82 bits per heavy atom. The minimum Gasteiger partial charge on any atom is -0.361 e. The molecule has 2 N–H and O–H groups in total. The summed E-state index contributed by atoms with van der Waals surface area (Å²) in [6.07, 6.45) is 3.05. The fraction of sp³-hybridized carbons (Fsp3) is 0.222. The number of H-pyrrole nitrogens is 1. The van der Waals surface area contributed by atoms with Gasteiger partial charge in [0.15, 0.2) is 0 Å². The molecule has 0 aliphatic heterocycles. The molecule has 0 amide bonds. The van der Waals surface area contributed by atoms with E-state index in [4.69, 9.17) is 0 Å². The number of rotatable bonds is 2. The Balaban J connectivity index is 1.86. The molecule has 1 aromatic heterocycles. The lowest BCUT2D eigenvalue weighted by molar-refractivity contribution is 0.561. The molecule has 22 heavy (non-hydrogen) atoms. The number of fused-ring (bicyclic) bond motifs is 2. The standard InChI is InChI=1S/C18H16BrFN2/c1-21-17-8-14(12-5-3-11(20)7-15(12)17)16-9-22-18-6-10(19)2-4-13(16)18/h2-7,9,14,17,21-22H,8H2,1H3. The number of nitrogens with one attached hydrogen (secondary N) is 2. The Morgan fingerprint density at radius 2 is 2.00 bits per heavy atom. The van der Waals surface area contributed by atoms with Gasteiger partial charge in [-0.25, -0.2) is 4.39 Å². The van der Waals surface area contributed by atoms with E-state index in [1.165, 1.54) is 16.5 Å². The Hall–Kier alpha value is -1.65. The summed E-state index contributed by atoms with van der Waals surface area (Å²) >= 11 is 3.51. The second kappa shape index (κ2) is 5.21. The SMILES string of the molecule is CNC1CC(c2c[nH]c3cc(Br)ccc23)c2ccc(F)cc21. The fourth-order valence-electron chi connectivity index (χ4n) is 3.63. The summed E-state index contributed by atoms with van der Waals surface area (Å²) in [6.45, 7) is 0. The van der Waals surface area contributed by atoms with Crippen molar-refractivity contribution in [3.8, 4) is 0 Å². The molecule has 0 radical (unpaired) electrons. The first-order valence-electron chi connectivity index (χ1n) is 7.40. The van der Waals surface area contributed by atoms with Gasteiger partial charge in [-0.1, -0.05) is 28.1 Å². The van der Waals surface area contributed by atoms with Crippen LogP contribution >= 0.6 is 15.9 Å². The molecule has 1 aliphatic rings. The van der Waals surface area contributed by atoms with Gasteiger partial charge in [-0.3, -0.25) is 0 Å². The molecule has 2 aromatic carbocycles. The predicted octanol–water partition coefficient (Wildman–Crippen LogP) is 4.87. The first kappa shape index (κ1) is 14.0. The molecular formula is C18H16BrFN2. The molecule has 112 valence electrons. The molecule has 3 aromatic rings. The monoisotopic (exact) mass is 358 g/mol. The highest BCUT2D eigenvalue weighted by Gasteiger charge is 2.32. The lowest BCUT2D eigenvalue weighted by atomic mass is 9.92. The van der Waals surface area contributed by atoms with E-state index in [2.05, 4.69) is 50.6 Å². The average Bonchev–Trinajstić information content (AvgIpc) is 3.07. The number of aromatic amines is 1. The topological polar surface area (TPSA) is 27.8 Å². The third-order valence-corrected chi connectivity index (χ3v) is 5.16. The number of aromatic nitrogens is 1. The van der Waals surface area contributed by atoms with Crippen LogP contribution < -0.4 is 5.32 Å². The highest BCUT2D eigenvalue weighted by Crippen LogP contribution is 2.46. The van der Waals surface area contributed by atoms with E-state index in [1.807, 2.05) is 13.1 Å². The van der Waals surface area contributed by atoms with Crippen LogP contribution in [-0.4, -0.2) is 12.0 Å². The summed E-state index contributed by atoms with van der Waals surface area (Å²) in [6, 6.07) is 11.7. The van der Waals surface area contributed by atoms with Gasteiger partial charge in [-0.2, -0.15) is 0 Å². The Labute approximate surface area is 136 Å². The van der Waals surface area contributed by atoms with Crippen LogP contribution in [0.25, 0.3) is 10.9 Å². The average molecular weight is 359 g/mol. The Bertz CT molecular complexity index is 855. The number of hydrogen-bond acceptors (Lipinski definition) is 1. The molecule has 4 heteroatoms. The summed E-state index contributed by atoms with van der Waals surface area (Å²) < 4.78 is 14.7. The third kappa shape index (κ3) is 2.09. The van der Waals surface area contributed by atoms with Crippen molar-refractivity contribution in [2.75, 3.05) is 7.05 Å². The van der Waals surface area contributed by atoms with Crippen LogP contribution in [0.4, 0.5) is 4.39 Å². The first-order valence-corrected chi connectivity index (χ1v) is 8.20. The van der Waals surface area contributed by atoms with Gasteiger partial charge < -0.3 is 10.3 Å². The maximum Gasteiger partial charge on any atom is 0.123 e. The molecule has 2 atom stereocenters. The molecule has 1 heterocycles. The van der Waals surface area contributed by atoms with Crippen molar-refractivity contribution in [2.24, 2.45) is 0 Å². The van der Waals surface area contributed by atoms with Crippen molar-refractivity contribution in [1.82, 2.24) is 10.3 Å². The highest BCUT2D eigenvalue weighted by atomic mass is 79.9. The van der Waals surface area contributed by atoms with E-state index in [1.54, 1.807) is 12.1 Å². The minimum absolute atomic E-state index is 0.164. The van der Waals surface area contributed by atoms with Crippen molar-refractivity contribution in [3.05, 3.63) is 69.6 Å². The normalized spacial score (nSPS) is 20.5. The van der Waals surface area contributed by atoms with Crippen LogP contribution in [0.1, 0.15) is 35.1 Å². The lowest BCUT2D eigenvalue weighted by Gasteiger charge is -2.11. The van der Waals surface area contributed by atoms with E-state index in [-0.39, 0.29) is 11.9 Å². The molecule has 2 unspecified atom stereocenters. The minimum atomic E-state index is -0.164. The molecular weight excluding hydrogens is 343 g/mol. The first-order chi connectivity index (χ1) is 10.7. The van der Waals surface area contributed by atoms with E-state index in [0.29, 0.717) is 5.92 Å². The molecule has 0 saturated carbocycles. The van der Waals surface area contributed by atoms with Crippen LogP contribution in [0.3, 0.4) is 0 Å². The summed E-state index contributed by atoms with van der Waals surface area (Å²) in [7, 11) is 1.94. The quantitative estimate of drug-likeness (QED) is 0.672. The lowest BCUT2D eigenvalue weighted by Crippen LogP contribution is -2.13. The van der Waals surface area contributed by atoms with Gasteiger partial charge in [0.25, 0.3) is 0 Å². The number of halogens is 2. The maximum absolute atomic E-state index is 13.6. The van der Waals surface area contributed by atoms with Crippen LogP contribution in [0.5, 0.6) is 0 Å². The fourth-order valence-corrected chi connectivity index (χ4v) is 3.99. The Morgan fingerprint density at radius 1 is 1.14 bits per heavy atom. The van der Waals surface area contributed by atoms with Gasteiger partial charge in [0.05, 0.1) is 0 Å². The second-order valence-corrected chi connectivity index (χ2v) is 6.75. The summed E-state index contributed by atoms with van der Waals surface area (Å²) in [5.74, 6) is 0.130. The molecule has 0 spiro atoms. The summed E-state index contributed by atoms with van der Waals surface area (Å²) in [5, 5.41) is 4.55. The number of benzene rings is 2. The molecule has 0 fully saturated rings. The third-order valence-electron chi connectivity index (χ3n) is 4.67. The van der Waals surface area contributed by atoms with Crippen molar-refractivity contribution >= 4 is 26.8 Å². The van der Waals surface area contributed by atoms with Crippen LogP contribution in [-0.2, 0) is 0 Å². The van der Waals surface area contributed by atoms with Gasteiger partial charge in [0.2, 0.25) is 0 Å². The summed E-state index contributed by atoms with van der Waals surface area (Å²) in [5.41, 5.74) is 4.72. The predicted molar refractivity (Wildman–Crippen MR) is 90.7 cm³/mol. The molecule has 0 saturated heterocycles. The maximum atomic E-state index is 13.6. The van der Waals surface area contributed by atoms with Gasteiger partial charge in [0, 0.05) is 33.5 Å². The smallest absolute Gasteiger partial charge is 0.123 e. The van der Waals surface area contributed by atoms with Gasteiger partial charge >= 0.3 is 0 Å². The van der Waals surface area contributed by atoms with Gasteiger partial charge in [-0.15, -0.1) is 0 Å². The van der Waals surface area contributed by atoms with Crippen LogP contribution in [0.15, 0.2) is 47.1 Å². The van der Waals surface area contributed by atoms with Gasteiger partial charge in [-0.05, 0) is 54.4 Å². The van der Waals surface area contributed by atoms with E-state index in [0.717, 1.165) is 22.0 Å². The van der Waals surface area contributed by atoms with E-state index < -0.39 is 0 Å². The summed E-state index contributed by atoms with van der Waals surface area (Å²) in [4.78, 5) is 3.36. The molecule has 0 bridgehead atoms. The van der Waals surface area contributed by atoms with E-state index >= 15 is 0 Å². The second-order valence-electron chi connectivity index (χ2n) is 5.84. The molecule has 4 rings (SSSR count). The van der Waals surface area contributed by atoms with Crippen LogP contribution in [0.2, 0.25) is 0 Å². The van der Waals surface area contributed by atoms with Crippen molar-refractivity contribution in [2.45, 2.75) is 18.4 Å². The zero-order chi connectivity index (χ0) is 15.3. The zero-order valence-corrected chi connectivity index (χ0v) is 13.7. The van der Waals surface area contributed by atoms with Gasteiger partial charge in [0.1, 0.15) is 5.82 Å². The van der Waals surface area contributed by atoms with Crippen LogP contribution in [0, 0.1) is 5.82 Å². The molecule has 1 aliphatic carbocycles. The van der Waals surface area contributed by atoms with Crippen molar-refractivity contribution in [3.63, 3.8) is 0 Å². The van der Waals surface area contributed by atoms with Crippen molar-refractivity contribution < 1.29 is 4.39 Å². The Kier molecular flexibility index (Phi) is 3.31. The molecule has 2 nitrogen and oxygen atoms in total. The number of hydrogen-bond donors (Lipinski definition) is 2. The highest BCUT2D eigenvalue weighted by molar-refractivity contribution is 9.10.